The van der Waals surface area contributed by atoms with Gasteiger partial charge in [-0.25, -0.2) is 9.67 Å². The molecule has 0 aliphatic carbocycles. The maximum Gasteiger partial charge on any atom is 0.416 e. The number of hydrogen-bond acceptors (Lipinski definition) is 7. The van der Waals surface area contributed by atoms with Crippen LogP contribution in [0.25, 0.3) is 22.6 Å². The van der Waals surface area contributed by atoms with E-state index in [1.807, 2.05) is 0 Å². The molecule has 0 atom stereocenters. The lowest BCUT2D eigenvalue weighted by atomic mass is 10.1. The summed E-state index contributed by atoms with van der Waals surface area (Å²) < 4.78 is 46.6. The van der Waals surface area contributed by atoms with E-state index in [9.17, 15) is 18.0 Å². The van der Waals surface area contributed by atoms with Crippen molar-refractivity contribution in [2.24, 2.45) is 0 Å². The van der Waals surface area contributed by atoms with E-state index in [4.69, 9.17) is 16.1 Å². The SMILES string of the molecule is O=c1c2nnn(Cc3cccc(C(F)(F)F)c3)c2ncn1Cc1nc(-c2cccc(Cl)c2)no1. The fourth-order valence-electron chi connectivity index (χ4n) is 3.33. The summed E-state index contributed by atoms with van der Waals surface area (Å²) in [7, 11) is 0. The van der Waals surface area contributed by atoms with Crippen LogP contribution in [0.5, 0.6) is 0 Å². The molecule has 0 saturated carbocycles. The van der Waals surface area contributed by atoms with Gasteiger partial charge in [-0.15, -0.1) is 5.10 Å². The lowest BCUT2D eigenvalue weighted by Crippen LogP contribution is -2.21. The maximum atomic E-state index is 13.0. The van der Waals surface area contributed by atoms with Crippen LogP contribution in [0.3, 0.4) is 0 Å². The minimum Gasteiger partial charge on any atom is -0.337 e. The highest BCUT2D eigenvalue weighted by molar-refractivity contribution is 6.30. The number of halogens is 4. The van der Waals surface area contributed by atoms with Crippen molar-refractivity contribution in [3.63, 3.8) is 0 Å². The van der Waals surface area contributed by atoms with Gasteiger partial charge in [-0.2, -0.15) is 18.2 Å². The van der Waals surface area contributed by atoms with E-state index in [2.05, 4.69) is 25.4 Å². The van der Waals surface area contributed by atoms with Crippen LogP contribution in [-0.2, 0) is 19.3 Å². The third kappa shape index (κ3) is 4.27. The van der Waals surface area contributed by atoms with Crippen LogP contribution < -0.4 is 5.56 Å². The van der Waals surface area contributed by atoms with Gasteiger partial charge in [0.05, 0.1) is 12.1 Å². The van der Waals surface area contributed by atoms with Crippen LogP contribution in [0.15, 0.2) is 64.2 Å². The molecule has 0 aliphatic rings. The van der Waals surface area contributed by atoms with E-state index in [-0.39, 0.29) is 30.1 Å². The monoisotopic (exact) mass is 487 g/mol. The number of benzene rings is 2. The smallest absolute Gasteiger partial charge is 0.337 e. The number of fused-ring (bicyclic) bond motifs is 1. The van der Waals surface area contributed by atoms with Crippen LogP contribution in [-0.4, -0.2) is 34.7 Å². The molecule has 0 N–H and O–H groups in total. The Labute approximate surface area is 193 Å². The minimum absolute atomic E-state index is 0.0379. The molecule has 0 bridgehead atoms. The summed E-state index contributed by atoms with van der Waals surface area (Å²) in [4.78, 5) is 21.3. The normalized spacial score (nSPS) is 11.9. The third-order valence-corrected chi connectivity index (χ3v) is 5.17. The Bertz CT molecular complexity index is 1560. The van der Waals surface area contributed by atoms with Crippen molar-refractivity contribution in [3.8, 4) is 11.4 Å². The summed E-state index contributed by atoms with van der Waals surface area (Å²) in [6.07, 6.45) is -3.20. The van der Waals surface area contributed by atoms with Crippen LogP contribution in [0, 0.1) is 0 Å². The molecule has 34 heavy (non-hydrogen) atoms. The summed E-state index contributed by atoms with van der Waals surface area (Å²) >= 11 is 5.98. The number of rotatable bonds is 5. The molecule has 2 aromatic carbocycles. The zero-order valence-corrected chi connectivity index (χ0v) is 17.8. The predicted molar refractivity (Wildman–Crippen MR) is 114 cm³/mol. The number of alkyl halides is 3. The molecule has 172 valence electrons. The first kappa shape index (κ1) is 21.8. The van der Waals surface area contributed by atoms with Gasteiger partial charge in [-0.1, -0.05) is 46.2 Å². The van der Waals surface area contributed by atoms with Gasteiger partial charge < -0.3 is 4.52 Å². The zero-order chi connectivity index (χ0) is 23.9. The molecule has 0 unspecified atom stereocenters. The lowest BCUT2D eigenvalue weighted by molar-refractivity contribution is -0.137. The van der Waals surface area contributed by atoms with Gasteiger partial charge in [0.15, 0.2) is 11.2 Å². The van der Waals surface area contributed by atoms with E-state index < -0.39 is 17.3 Å². The zero-order valence-electron chi connectivity index (χ0n) is 17.1. The topological polar surface area (TPSA) is 105 Å². The predicted octanol–water partition coefficient (Wildman–Crippen LogP) is 3.81. The maximum absolute atomic E-state index is 13.0. The summed E-state index contributed by atoms with van der Waals surface area (Å²) in [5.74, 6) is 0.473. The van der Waals surface area contributed by atoms with Crippen LogP contribution in [0.4, 0.5) is 13.2 Å². The molecule has 0 spiro atoms. The Kier molecular flexibility index (Phi) is 5.36. The van der Waals surface area contributed by atoms with Gasteiger partial charge in [0.1, 0.15) is 12.9 Å². The molecule has 0 radical (unpaired) electrons. The second kappa shape index (κ2) is 8.37. The van der Waals surface area contributed by atoms with E-state index >= 15 is 0 Å². The Balaban J connectivity index is 1.40. The van der Waals surface area contributed by atoms with Crippen molar-refractivity contribution >= 4 is 22.8 Å². The molecule has 3 aromatic heterocycles. The van der Waals surface area contributed by atoms with Crippen LogP contribution >= 0.6 is 11.6 Å². The van der Waals surface area contributed by atoms with Gasteiger partial charge in [0.25, 0.3) is 5.56 Å². The second-order valence-electron chi connectivity index (χ2n) is 7.32. The fraction of sp³-hybridized carbons (Fsp3) is 0.143. The van der Waals surface area contributed by atoms with Crippen molar-refractivity contribution in [3.05, 3.63) is 87.3 Å². The van der Waals surface area contributed by atoms with Gasteiger partial charge in [0.2, 0.25) is 11.7 Å². The van der Waals surface area contributed by atoms with Crippen molar-refractivity contribution < 1.29 is 17.7 Å². The summed E-state index contributed by atoms with van der Waals surface area (Å²) in [6, 6.07) is 11.7. The highest BCUT2D eigenvalue weighted by atomic mass is 35.5. The highest BCUT2D eigenvalue weighted by Gasteiger charge is 2.30. The summed E-state index contributed by atoms with van der Waals surface area (Å²) in [6.45, 7) is -0.0979. The Morgan fingerprint density at radius 3 is 2.68 bits per heavy atom. The molecule has 0 fully saturated rings. The van der Waals surface area contributed by atoms with E-state index in [1.165, 1.54) is 27.7 Å². The first-order valence-corrected chi connectivity index (χ1v) is 10.2. The molecular weight excluding hydrogens is 475 g/mol. The standard InChI is InChI=1S/C21H13ClF3N7O2/c22-15-6-2-4-13(8-15)18-27-16(34-29-18)10-31-11-26-19-17(20(31)33)28-30-32(19)9-12-3-1-5-14(7-12)21(23,24)25/h1-8,11H,9-10H2. The number of aromatic nitrogens is 7. The van der Waals surface area contributed by atoms with Gasteiger partial charge in [-0.3, -0.25) is 9.36 Å². The van der Waals surface area contributed by atoms with Gasteiger partial charge >= 0.3 is 6.18 Å². The average molecular weight is 488 g/mol. The Hall–Kier alpha value is -4.06. The largest absolute Gasteiger partial charge is 0.416 e. The molecule has 0 amide bonds. The third-order valence-electron chi connectivity index (χ3n) is 4.93. The number of nitrogens with zero attached hydrogens (tertiary/aromatic N) is 7. The molecule has 13 heteroatoms. The Morgan fingerprint density at radius 2 is 1.88 bits per heavy atom. The fourth-order valence-corrected chi connectivity index (χ4v) is 3.53. The minimum atomic E-state index is -4.46. The molecule has 0 aliphatic heterocycles. The summed E-state index contributed by atoms with van der Waals surface area (Å²) in [5.41, 5.74) is -0.190. The molecule has 3 heterocycles. The van der Waals surface area contributed by atoms with Crippen molar-refractivity contribution in [2.75, 3.05) is 0 Å². The molecule has 5 aromatic rings. The van der Waals surface area contributed by atoms with E-state index in [0.29, 0.717) is 22.0 Å². The molecule has 0 saturated heterocycles. The first-order valence-electron chi connectivity index (χ1n) is 9.81. The van der Waals surface area contributed by atoms with Gasteiger partial charge in [-0.05, 0) is 29.8 Å². The number of hydrogen-bond donors (Lipinski definition) is 0. The summed E-state index contributed by atoms with van der Waals surface area (Å²) in [5, 5.41) is 12.2. The van der Waals surface area contributed by atoms with Crippen LogP contribution in [0.1, 0.15) is 17.0 Å². The quantitative estimate of drug-likeness (QED) is 0.371. The van der Waals surface area contributed by atoms with Crippen molar-refractivity contribution in [1.82, 2.24) is 34.7 Å². The molecular formula is C21H13ClF3N7O2. The average Bonchev–Trinajstić information content (AvgIpc) is 3.43. The van der Waals surface area contributed by atoms with Crippen molar-refractivity contribution in [1.29, 1.82) is 0 Å². The highest BCUT2D eigenvalue weighted by Crippen LogP contribution is 2.29. The van der Waals surface area contributed by atoms with E-state index in [1.54, 1.807) is 24.3 Å². The first-order chi connectivity index (χ1) is 16.3. The van der Waals surface area contributed by atoms with E-state index in [0.717, 1.165) is 12.1 Å². The second-order valence-corrected chi connectivity index (χ2v) is 7.75. The van der Waals surface area contributed by atoms with Gasteiger partial charge in [0, 0.05) is 10.6 Å². The Morgan fingerprint density at radius 1 is 1.06 bits per heavy atom. The van der Waals surface area contributed by atoms with Crippen LogP contribution in [0.2, 0.25) is 5.02 Å². The lowest BCUT2D eigenvalue weighted by Gasteiger charge is -2.08. The van der Waals surface area contributed by atoms with Crippen molar-refractivity contribution in [2.45, 2.75) is 19.3 Å². The molecule has 5 rings (SSSR count). The molecule has 9 nitrogen and oxygen atoms in total.